The molecule has 2 saturated heterocycles. The van der Waals surface area contributed by atoms with E-state index in [4.69, 9.17) is 18.6 Å². The second-order valence-electron chi connectivity index (χ2n) is 6.71. The van der Waals surface area contributed by atoms with E-state index in [-0.39, 0.29) is 39.8 Å². The van der Waals surface area contributed by atoms with E-state index in [1.54, 1.807) is 0 Å². The molecular weight excluding hydrogens is 257 g/mol. The fourth-order valence-electron chi connectivity index (χ4n) is 1.10. The topological polar surface area (TPSA) is 36.9 Å². The molecule has 0 bridgehead atoms. The Morgan fingerprint density at radius 2 is 0.632 bits per heavy atom. The zero-order valence-electron chi connectivity index (χ0n) is 13.5. The second kappa shape index (κ2) is 6.09. The first-order chi connectivity index (χ1) is 7.91. The fourth-order valence-corrected chi connectivity index (χ4v) is 1.10. The average molecular weight is 282 g/mol. The number of rotatable bonds is 0. The molecule has 0 aromatic carbocycles. The monoisotopic (exact) mass is 282 g/mol. The minimum absolute atomic E-state index is 0. The molecule has 0 spiro atoms. The van der Waals surface area contributed by atoms with Crippen molar-refractivity contribution >= 4 is 32.7 Å². The van der Waals surface area contributed by atoms with Gasteiger partial charge in [0, 0.05) is 0 Å². The molecule has 0 aliphatic carbocycles. The zero-order valence-corrected chi connectivity index (χ0v) is 14.9. The van der Waals surface area contributed by atoms with E-state index in [0.29, 0.717) is 0 Å². The third-order valence-corrected chi connectivity index (χ3v) is 4.27. The molecule has 0 N–H and O–H groups in total. The Kier molecular flexibility index (Phi) is 6.25. The Morgan fingerprint density at radius 3 is 0.684 bits per heavy atom. The highest BCUT2D eigenvalue weighted by atomic mass is 27.0. The molecule has 2 heterocycles. The largest absolute Gasteiger partial charge is 0.488 e. The first-order valence-corrected chi connectivity index (χ1v) is 6.26. The van der Waals surface area contributed by atoms with Gasteiger partial charge in [0.15, 0.2) is 0 Å². The molecule has 2 rings (SSSR count). The van der Waals surface area contributed by atoms with E-state index in [9.17, 15) is 0 Å². The standard InChI is InChI=1S/2C6H12BO2.Al.H/c2*1-5(2)6(3,4)9-7-8-5;;/h2*1-4H3;;. The van der Waals surface area contributed by atoms with Gasteiger partial charge < -0.3 is 18.6 Å². The summed E-state index contributed by atoms with van der Waals surface area (Å²) in [5.41, 5.74) is -0.750. The Morgan fingerprint density at radius 1 is 0.474 bits per heavy atom. The van der Waals surface area contributed by atoms with Crippen molar-refractivity contribution in [3.63, 3.8) is 0 Å². The molecule has 4 nitrogen and oxygen atoms in total. The van der Waals surface area contributed by atoms with Crippen LogP contribution in [0.1, 0.15) is 55.4 Å². The highest BCUT2D eigenvalue weighted by Crippen LogP contribution is 2.33. The van der Waals surface area contributed by atoms with E-state index < -0.39 is 0 Å². The smallest absolute Gasteiger partial charge is 0.405 e. The summed E-state index contributed by atoms with van der Waals surface area (Å²) in [5.74, 6) is 0. The van der Waals surface area contributed by atoms with Crippen LogP contribution in [-0.4, -0.2) is 55.1 Å². The summed E-state index contributed by atoms with van der Waals surface area (Å²) < 4.78 is 20.8. The Hall–Kier alpha value is 0.502. The summed E-state index contributed by atoms with van der Waals surface area (Å²) in [6.07, 6.45) is 0. The molecule has 2 aliphatic rings. The predicted octanol–water partition coefficient (Wildman–Crippen LogP) is 1.60. The summed E-state index contributed by atoms with van der Waals surface area (Å²) >= 11 is 0. The highest BCUT2D eigenvalue weighted by molar-refractivity contribution is 6.19. The molecule has 4 radical (unpaired) electrons. The molecule has 106 valence electrons. The van der Waals surface area contributed by atoms with E-state index in [2.05, 4.69) is 0 Å². The summed E-state index contributed by atoms with van der Waals surface area (Å²) in [4.78, 5) is 0. The SMILES string of the molecule is CC1(C)O[B]OC1(C)C.CC1(C)O[B]OC1(C)C.[AlH]. The maximum Gasteiger partial charge on any atom is 0.488 e. The van der Waals surface area contributed by atoms with Crippen molar-refractivity contribution < 1.29 is 18.6 Å². The van der Waals surface area contributed by atoms with Gasteiger partial charge in [-0.15, -0.1) is 0 Å². The van der Waals surface area contributed by atoms with Gasteiger partial charge in [0.05, 0.1) is 39.8 Å². The van der Waals surface area contributed by atoms with Gasteiger partial charge in [0.2, 0.25) is 0 Å². The molecule has 7 heteroatoms. The normalized spacial score (nSPS) is 28.2. The van der Waals surface area contributed by atoms with Crippen molar-refractivity contribution in [2.45, 2.75) is 77.8 Å². The van der Waals surface area contributed by atoms with E-state index in [1.807, 2.05) is 55.4 Å². The van der Waals surface area contributed by atoms with Crippen molar-refractivity contribution in [3.8, 4) is 0 Å². The molecule has 2 aliphatic heterocycles. The van der Waals surface area contributed by atoms with Crippen LogP contribution < -0.4 is 0 Å². The molecule has 19 heavy (non-hydrogen) atoms. The van der Waals surface area contributed by atoms with Crippen LogP contribution in [0.25, 0.3) is 0 Å². The van der Waals surface area contributed by atoms with Gasteiger partial charge in [-0.2, -0.15) is 0 Å². The lowest BCUT2D eigenvalue weighted by Gasteiger charge is -2.32. The Balaban J connectivity index is 0.000000324. The highest BCUT2D eigenvalue weighted by Gasteiger charge is 2.45. The Bertz CT molecular complexity index is 248. The zero-order chi connectivity index (χ0) is 14.2. The van der Waals surface area contributed by atoms with Crippen LogP contribution in [0.2, 0.25) is 0 Å². The van der Waals surface area contributed by atoms with Crippen LogP contribution in [0.5, 0.6) is 0 Å². The number of hydrogen-bond acceptors (Lipinski definition) is 4. The van der Waals surface area contributed by atoms with Crippen molar-refractivity contribution in [2.24, 2.45) is 0 Å². The minimum atomic E-state index is -0.188. The van der Waals surface area contributed by atoms with E-state index in [1.165, 1.54) is 15.4 Å². The molecule has 0 saturated carbocycles. The lowest BCUT2D eigenvalue weighted by atomic mass is 9.90. The molecular formula is C12H25AlB2O4. The summed E-state index contributed by atoms with van der Waals surface area (Å²) in [7, 11) is 2.83. The van der Waals surface area contributed by atoms with Crippen molar-refractivity contribution in [1.29, 1.82) is 0 Å². The fraction of sp³-hybridized carbons (Fsp3) is 1.00. The predicted molar refractivity (Wildman–Crippen MR) is 79.3 cm³/mol. The molecule has 2 fully saturated rings. The van der Waals surface area contributed by atoms with Crippen LogP contribution in [0.4, 0.5) is 0 Å². The first-order valence-electron chi connectivity index (χ1n) is 6.26. The van der Waals surface area contributed by atoms with E-state index in [0.717, 1.165) is 0 Å². The van der Waals surface area contributed by atoms with Crippen LogP contribution in [0.3, 0.4) is 0 Å². The third kappa shape index (κ3) is 4.23. The second-order valence-corrected chi connectivity index (χ2v) is 6.71. The first kappa shape index (κ1) is 19.5. The van der Waals surface area contributed by atoms with Gasteiger partial charge in [-0.05, 0) is 55.4 Å². The van der Waals surface area contributed by atoms with Crippen LogP contribution in [0, 0.1) is 0 Å². The number of hydrogen-bond donors (Lipinski definition) is 0. The van der Waals surface area contributed by atoms with Gasteiger partial charge in [-0.3, -0.25) is 0 Å². The lowest BCUT2D eigenvalue weighted by molar-refractivity contribution is 0.00578. The van der Waals surface area contributed by atoms with Gasteiger partial charge >= 0.3 is 15.4 Å². The van der Waals surface area contributed by atoms with Crippen molar-refractivity contribution in [1.82, 2.24) is 0 Å². The summed E-state index contributed by atoms with van der Waals surface area (Å²) in [5, 5.41) is 0. The molecule has 0 aromatic heterocycles. The minimum Gasteiger partial charge on any atom is -0.405 e. The van der Waals surface area contributed by atoms with Crippen LogP contribution in [-0.2, 0) is 18.6 Å². The summed E-state index contributed by atoms with van der Waals surface area (Å²) in [6.45, 7) is 16.1. The summed E-state index contributed by atoms with van der Waals surface area (Å²) in [6, 6.07) is 0. The van der Waals surface area contributed by atoms with E-state index >= 15 is 0 Å². The van der Waals surface area contributed by atoms with Crippen LogP contribution >= 0.6 is 0 Å². The third-order valence-electron chi connectivity index (χ3n) is 4.27. The van der Waals surface area contributed by atoms with Crippen molar-refractivity contribution in [2.75, 3.05) is 0 Å². The molecule has 0 unspecified atom stereocenters. The van der Waals surface area contributed by atoms with Crippen molar-refractivity contribution in [3.05, 3.63) is 0 Å². The molecule has 0 atom stereocenters. The Labute approximate surface area is 129 Å². The maximum atomic E-state index is 5.21. The van der Waals surface area contributed by atoms with Gasteiger partial charge in [-0.25, -0.2) is 0 Å². The molecule has 0 aromatic rings. The lowest BCUT2D eigenvalue weighted by Crippen LogP contribution is -2.41. The quantitative estimate of drug-likeness (QED) is 0.632. The van der Waals surface area contributed by atoms with Gasteiger partial charge in [0.1, 0.15) is 0 Å². The average Bonchev–Trinajstić information content (AvgIpc) is 2.51. The molecule has 0 amide bonds. The van der Waals surface area contributed by atoms with Gasteiger partial charge in [-0.1, -0.05) is 0 Å². The maximum absolute atomic E-state index is 5.21. The van der Waals surface area contributed by atoms with Crippen LogP contribution in [0.15, 0.2) is 0 Å². The van der Waals surface area contributed by atoms with Gasteiger partial charge in [0.25, 0.3) is 0 Å².